The van der Waals surface area contributed by atoms with E-state index in [2.05, 4.69) is 10.1 Å². The minimum Gasteiger partial charge on any atom is -0.543 e. The van der Waals surface area contributed by atoms with Crippen molar-refractivity contribution in [3.63, 3.8) is 0 Å². The molecule has 7 nitrogen and oxygen atoms in total. The molecular formula is C27H18F4N4O3S2. The van der Waals surface area contributed by atoms with E-state index in [4.69, 9.17) is 5.14 Å². The Hall–Kier alpha value is -4.04. The van der Waals surface area contributed by atoms with Crippen LogP contribution in [-0.2, 0) is 24.0 Å². The van der Waals surface area contributed by atoms with Gasteiger partial charge >= 0.3 is 6.18 Å². The van der Waals surface area contributed by atoms with Crippen LogP contribution in [0.15, 0.2) is 83.1 Å². The number of carbonyl (C=O) groups is 1. The molecule has 0 bridgehead atoms. The molecule has 2 aromatic heterocycles. The maximum absolute atomic E-state index is 14.6. The van der Waals surface area contributed by atoms with Gasteiger partial charge in [-0.25, -0.2) is 14.1 Å². The Morgan fingerprint density at radius 3 is 2.30 bits per heavy atom. The van der Waals surface area contributed by atoms with Crippen LogP contribution in [0.4, 0.5) is 17.6 Å². The van der Waals surface area contributed by atoms with E-state index in [1.165, 1.54) is 24.3 Å². The van der Waals surface area contributed by atoms with Crippen LogP contribution in [-0.4, -0.2) is 25.3 Å². The van der Waals surface area contributed by atoms with Gasteiger partial charge in [0.2, 0.25) is 10.0 Å². The molecule has 3 aromatic carbocycles. The lowest BCUT2D eigenvalue weighted by molar-refractivity contribution is -0.255. The summed E-state index contributed by atoms with van der Waals surface area (Å²) in [5, 5.41) is 21.9. The number of thiazole rings is 1. The number of hydrogen-bond acceptors (Lipinski definition) is 7. The van der Waals surface area contributed by atoms with Crippen LogP contribution in [0.3, 0.4) is 0 Å². The molecule has 2 heterocycles. The molecule has 5 rings (SSSR count). The highest BCUT2D eigenvalue weighted by atomic mass is 32.2. The van der Waals surface area contributed by atoms with Crippen molar-refractivity contribution in [1.82, 2.24) is 14.8 Å². The Kier molecular flexibility index (Phi) is 7.47. The number of benzene rings is 3. The molecule has 0 spiro atoms. The molecule has 0 radical (unpaired) electrons. The van der Waals surface area contributed by atoms with Gasteiger partial charge in [0.15, 0.2) is 5.69 Å². The number of carboxylic acid groups (broad SMARTS) is 1. The molecule has 40 heavy (non-hydrogen) atoms. The molecule has 1 atom stereocenters. The third-order valence-corrected chi connectivity index (χ3v) is 7.57. The number of hydrogen-bond donors (Lipinski definition) is 2. The van der Waals surface area contributed by atoms with Crippen molar-refractivity contribution in [1.29, 1.82) is 0 Å². The fourth-order valence-electron chi connectivity index (χ4n) is 4.17. The standard InChI is InChI=1S/C27H18F4N4O3S2/c28-19-8-6-16(7-9-19)17-2-1-3-18(13-17)23-21(12-15-4-10-20(11-5-15)40(32)38)24(27(29,30)31)35(34-23)26-33-22(14-39-26)25(36)37/h1-11,13-14,38H,12,32H2. The van der Waals surface area contributed by atoms with Crippen molar-refractivity contribution in [2.45, 2.75) is 17.5 Å². The molecule has 0 aliphatic carbocycles. The van der Waals surface area contributed by atoms with Crippen LogP contribution >= 0.6 is 11.3 Å². The van der Waals surface area contributed by atoms with Crippen molar-refractivity contribution in [3.05, 3.63) is 107 Å². The van der Waals surface area contributed by atoms with Crippen molar-refractivity contribution in [2.75, 3.05) is 0 Å². The van der Waals surface area contributed by atoms with Crippen LogP contribution in [0.2, 0.25) is 0 Å². The van der Waals surface area contributed by atoms with Crippen LogP contribution < -0.4 is 10.2 Å². The van der Waals surface area contributed by atoms with E-state index in [9.17, 15) is 32.0 Å². The molecule has 0 aliphatic rings. The zero-order valence-corrected chi connectivity index (χ0v) is 21.9. The first-order chi connectivity index (χ1) is 19.0. The Bertz CT molecular complexity index is 1680. The lowest BCUT2D eigenvalue weighted by atomic mass is 9.96. The molecule has 3 N–H and O–H groups in total. The van der Waals surface area contributed by atoms with Gasteiger partial charge in [0.25, 0.3) is 11.4 Å². The van der Waals surface area contributed by atoms with Gasteiger partial charge in [-0.15, -0.1) is 16.5 Å². The first-order valence-electron chi connectivity index (χ1n) is 11.5. The van der Waals surface area contributed by atoms with Gasteiger partial charge in [0.05, 0.1) is 17.4 Å². The second-order valence-electron chi connectivity index (χ2n) is 8.61. The number of nitrogens with two attached hydrogens (primary N) is 1. The molecule has 0 saturated carbocycles. The lowest BCUT2D eigenvalue weighted by Crippen LogP contribution is -2.22. The zero-order chi connectivity index (χ0) is 28.6. The monoisotopic (exact) mass is 586 g/mol. The summed E-state index contributed by atoms with van der Waals surface area (Å²) >= 11 is -0.827. The first-order valence-corrected chi connectivity index (χ1v) is 13.6. The second-order valence-corrected chi connectivity index (χ2v) is 10.5. The summed E-state index contributed by atoms with van der Waals surface area (Å²) in [7, 11) is 0. The normalized spacial score (nSPS) is 12.4. The van der Waals surface area contributed by atoms with E-state index < -0.39 is 40.7 Å². The van der Waals surface area contributed by atoms with Crippen molar-refractivity contribution >= 4 is 28.7 Å². The SMILES string of the molecule is N[S+](O)c1ccc(Cc2c(-c3cccc(-c4ccc(F)cc4)c3)nn(-c3nc(C(=O)[O-])cs3)c2C(F)(F)F)cc1. The molecule has 0 fully saturated rings. The van der Waals surface area contributed by atoms with E-state index >= 15 is 0 Å². The summed E-state index contributed by atoms with van der Waals surface area (Å²) in [4.78, 5) is 15.5. The predicted molar refractivity (Wildman–Crippen MR) is 141 cm³/mol. The van der Waals surface area contributed by atoms with Gasteiger partial charge in [-0.3, -0.25) is 0 Å². The van der Waals surface area contributed by atoms with E-state index in [-0.39, 0.29) is 22.8 Å². The Morgan fingerprint density at radius 2 is 1.70 bits per heavy atom. The molecule has 0 amide bonds. The van der Waals surface area contributed by atoms with Gasteiger partial charge in [-0.1, -0.05) is 42.5 Å². The average Bonchev–Trinajstić information content (AvgIpc) is 3.55. The fourth-order valence-corrected chi connectivity index (χ4v) is 5.34. The first kappa shape index (κ1) is 27.5. The molecule has 0 saturated heterocycles. The van der Waals surface area contributed by atoms with Crippen LogP contribution in [0.5, 0.6) is 0 Å². The number of nitrogens with zero attached hydrogens (tertiary/aromatic N) is 3. The topological polar surface area (TPSA) is 117 Å². The molecule has 13 heteroatoms. The summed E-state index contributed by atoms with van der Waals surface area (Å²) in [6.07, 6.45) is -5.09. The summed E-state index contributed by atoms with van der Waals surface area (Å²) in [6.45, 7) is 0. The Morgan fingerprint density at radius 1 is 1.02 bits per heavy atom. The van der Waals surface area contributed by atoms with E-state index in [0.29, 0.717) is 43.2 Å². The largest absolute Gasteiger partial charge is 0.543 e. The van der Waals surface area contributed by atoms with Gasteiger partial charge < -0.3 is 9.90 Å². The summed E-state index contributed by atoms with van der Waals surface area (Å²) in [5.41, 5.74) is 0.333. The Balaban J connectivity index is 1.71. The molecule has 0 aliphatic heterocycles. The quantitative estimate of drug-likeness (QED) is 0.203. The molecule has 5 aromatic rings. The third kappa shape index (κ3) is 5.63. The minimum absolute atomic E-state index is 0.00583. The number of halogens is 4. The maximum Gasteiger partial charge on any atom is 0.433 e. The lowest BCUT2D eigenvalue weighted by Gasteiger charge is -2.12. The number of carboxylic acids is 1. The fraction of sp³-hybridized carbons (Fsp3) is 0.0741. The average molecular weight is 587 g/mol. The van der Waals surface area contributed by atoms with E-state index in [1.807, 2.05) is 0 Å². The summed E-state index contributed by atoms with van der Waals surface area (Å²) in [6, 6.07) is 18.5. The van der Waals surface area contributed by atoms with Crippen molar-refractivity contribution < 1.29 is 32.0 Å². The van der Waals surface area contributed by atoms with Gasteiger partial charge in [0, 0.05) is 22.9 Å². The number of aromatic nitrogens is 3. The molecular weight excluding hydrogens is 568 g/mol. The smallest absolute Gasteiger partial charge is 0.433 e. The molecule has 204 valence electrons. The number of rotatable bonds is 7. The van der Waals surface area contributed by atoms with Gasteiger partial charge in [0.1, 0.15) is 5.82 Å². The highest BCUT2D eigenvalue weighted by molar-refractivity contribution is 7.89. The minimum atomic E-state index is -4.89. The highest BCUT2D eigenvalue weighted by Gasteiger charge is 2.41. The van der Waals surface area contributed by atoms with Crippen molar-refractivity contribution in [3.8, 4) is 27.5 Å². The molecule has 1 unspecified atom stereocenters. The summed E-state index contributed by atoms with van der Waals surface area (Å²) < 4.78 is 67.6. The summed E-state index contributed by atoms with van der Waals surface area (Å²) in [5.74, 6) is -2.05. The Labute approximate surface area is 231 Å². The van der Waals surface area contributed by atoms with E-state index in [1.54, 1.807) is 48.5 Å². The number of alkyl halides is 3. The maximum atomic E-state index is 14.6. The van der Waals surface area contributed by atoms with Gasteiger partial charge in [-0.05, 0) is 47.0 Å². The predicted octanol–water partition coefficient (Wildman–Crippen LogP) is 5.10. The zero-order valence-electron chi connectivity index (χ0n) is 20.2. The third-order valence-electron chi connectivity index (χ3n) is 5.99. The van der Waals surface area contributed by atoms with Crippen LogP contribution in [0.1, 0.15) is 27.3 Å². The number of aromatic carboxylic acids is 1. The number of carbonyl (C=O) groups excluding carboxylic acids is 1. The van der Waals surface area contributed by atoms with Crippen LogP contribution in [0, 0.1) is 5.82 Å². The second kappa shape index (κ2) is 10.8. The highest BCUT2D eigenvalue weighted by Crippen LogP contribution is 2.40. The van der Waals surface area contributed by atoms with Crippen LogP contribution in [0.25, 0.3) is 27.5 Å². The van der Waals surface area contributed by atoms with Gasteiger partial charge in [-0.2, -0.15) is 22.8 Å². The van der Waals surface area contributed by atoms with E-state index in [0.717, 1.165) is 5.38 Å². The van der Waals surface area contributed by atoms with Crippen molar-refractivity contribution in [2.24, 2.45) is 5.14 Å².